The Morgan fingerprint density at radius 2 is 2.06 bits per heavy atom. The second kappa shape index (κ2) is 5.88. The van der Waals surface area contributed by atoms with Gasteiger partial charge in [-0.2, -0.15) is 0 Å². The van der Waals surface area contributed by atoms with E-state index >= 15 is 0 Å². The highest BCUT2D eigenvalue weighted by Crippen LogP contribution is 2.24. The van der Waals surface area contributed by atoms with Crippen molar-refractivity contribution in [3.05, 3.63) is 0 Å². The zero-order chi connectivity index (χ0) is 13.2. The zero-order valence-electron chi connectivity index (χ0n) is 11.6. The molecule has 4 nitrogen and oxygen atoms in total. The van der Waals surface area contributed by atoms with Gasteiger partial charge in [0, 0.05) is 25.7 Å². The van der Waals surface area contributed by atoms with Crippen LogP contribution in [0.25, 0.3) is 0 Å². The molecule has 106 valence electrons. The first kappa shape index (κ1) is 14.3. The van der Waals surface area contributed by atoms with Crippen molar-refractivity contribution in [2.45, 2.75) is 57.2 Å². The Kier molecular flexibility index (Phi) is 4.67. The van der Waals surface area contributed by atoms with Crippen molar-refractivity contribution >= 4 is 10.0 Å². The summed E-state index contributed by atoms with van der Waals surface area (Å²) in [6.45, 7) is 6.03. The highest BCUT2D eigenvalue weighted by Gasteiger charge is 2.33. The fraction of sp³-hybridized carbons (Fsp3) is 1.00. The van der Waals surface area contributed by atoms with Crippen molar-refractivity contribution in [3.63, 3.8) is 0 Å². The lowest BCUT2D eigenvalue weighted by Crippen LogP contribution is -2.46. The van der Waals surface area contributed by atoms with Gasteiger partial charge in [-0.15, -0.1) is 0 Å². The van der Waals surface area contributed by atoms with E-state index in [2.05, 4.69) is 12.2 Å². The molecule has 2 atom stereocenters. The maximum Gasteiger partial charge on any atom is 0.217 e. The van der Waals surface area contributed by atoms with E-state index < -0.39 is 10.0 Å². The fourth-order valence-corrected chi connectivity index (χ4v) is 4.19. The average Bonchev–Trinajstić information content (AvgIpc) is 3.20. The SMILES string of the molecule is CCC1CCCN(S(=O)(=O)C(C)CNC2CC2)C1. The predicted octanol–water partition coefficient (Wildman–Crippen LogP) is 1.58. The van der Waals surface area contributed by atoms with Crippen molar-refractivity contribution in [2.75, 3.05) is 19.6 Å². The van der Waals surface area contributed by atoms with Gasteiger partial charge in [-0.05, 0) is 38.5 Å². The van der Waals surface area contributed by atoms with Crippen LogP contribution < -0.4 is 5.32 Å². The maximum atomic E-state index is 12.5. The molecule has 1 N–H and O–H groups in total. The number of hydrogen-bond donors (Lipinski definition) is 1. The van der Waals surface area contributed by atoms with Crippen LogP contribution in [0.2, 0.25) is 0 Å². The largest absolute Gasteiger partial charge is 0.313 e. The van der Waals surface area contributed by atoms with Gasteiger partial charge in [-0.3, -0.25) is 0 Å². The third-order valence-electron chi connectivity index (χ3n) is 4.20. The number of piperidine rings is 1. The smallest absolute Gasteiger partial charge is 0.217 e. The summed E-state index contributed by atoms with van der Waals surface area (Å²) in [6, 6.07) is 0.576. The second-order valence-corrected chi connectivity index (χ2v) is 8.16. The Balaban J connectivity index is 1.90. The van der Waals surface area contributed by atoms with Gasteiger partial charge in [-0.1, -0.05) is 13.3 Å². The van der Waals surface area contributed by atoms with Crippen molar-refractivity contribution in [1.29, 1.82) is 0 Å². The van der Waals surface area contributed by atoms with Crippen LogP contribution in [-0.4, -0.2) is 43.6 Å². The monoisotopic (exact) mass is 274 g/mol. The molecule has 1 aliphatic heterocycles. The molecule has 2 unspecified atom stereocenters. The van der Waals surface area contributed by atoms with Gasteiger partial charge in [0.15, 0.2) is 0 Å². The van der Waals surface area contributed by atoms with Crippen LogP contribution in [0.15, 0.2) is 0 Å². The molecular formula is C13H26N2O2S. The predicted molar refractivity (Wildman–Crippen MR) is 74.0 cm³/mol. The summed E-state index contributed by atoms with van der Waals surface area (Å²) in [5.41, 5.74) is 0. The summed E-state index contributed by atoms with van der Waals surface area (Å²) in [5, 5.41) is 3.02. The highest BCUT2D eigenvalue weighted by molar-refractivity contribution is 7.89. The van der Waals surface area contributed by atoms with Crippen LogP contribution >= 0.6 is 0 Å². The molecule has 0 radical (unpaired) electrons. The zero-order valence-corrected chi connectivity index (χ0v) is 12.4. The molecule has 0 bridgehead atoms. The van der Waals surface area contributed by atoms with Gasteiger partial charge in [0.1, 0.15) is 0 Å². The normalized spacial score (nSPS) is 28.2. The number of sulfonamides is 1. The summed E-state index contributed by atoms with van der Waals surface area (Å²) in [6.07, 6.45) is 5.68. The highest BCUT2D eigenvalue weighted by atomic mass is 32.2. The second-order valence-electron chi connectivity index (χ2n) is 5.81. The molecule has 18 heavy (non-hydrogen) atoms. The van der Waals surface area contributed by atoms with Crippen LogP contribution in [0.1, 0.15) is 46.0 Å². The van der Waals surface area contributed by atoms with Crippen molar-refractivity contribution < 1.29 is 8.42 Å². The summed E-state index contributed by atoms with van der Waals surface area (Å²) < 4.78 is 26.7. The van der Waals surface area contributed by atoms with Gasteiger partial charge in [0.05, 0.1) is 5.25 Å². The third kappa shape index (κ3) is 3.45. The summed E-state index contributed by atoms with van der Waals surface area (Å²) >= 11 is 0. The topological polar surface area (TPSA) is 49.4 Å². The van der Waals surface area contributed by atoms with E-state index in [1.165, 1.54) is 19.3 Å². The van der Waals surface area contributed by atoms with E-state index in [0.717, 1.165) is 19.4 Å². The van der Waals surface area contributed by atoms with E-state index in [1.807, 2.05) is 6.92 Å². The molecule has 0 aromatic rings. The fourth-order valence-electron chi connectivity index (χ4n) is 2.57. The van der Waals surface area contributed by atoms with Crippen molar-refractivity contribution in [1.82, 2.24) is 9.62 Å². The molecule has 2 rings (SSSR count). The van der Waals surface area contributed by atoms with Gasteiger partial charge in [0.25, 0.3) is 0 Å². The standard InChI is InChI=1S/C13H26N2O2S/c1-3-12-5-4-8-15(10-12)18(16,17)11(2)9-14-13-6-7-13/h11-14H,3-10H2,1-2H3. The first-order valence-electron chi connectivity index (χ1n) is 7.26. The molecule has 5 heteroatoms. The number of rotatable bonds is 6. The molecular weight excluding hydrogens is 248 g/mol. The van der Waals surface area contributed by atoms with E-state index in [1.54, 1.807) is 4.31 Å². The molecule has 1 heterocycles. The van der Waals surface area contributed by atoms with Gasteiger partial charge in [0.2, 0.25) is 10.0 Å². The minimum atomic E-state index is -3.10. The Morgan fingerprint density at radius 1 is 1.33 bits per heavy atom. The Labute approximate surface area is 111 Å². The summed E-state index contributed by atoms with van der Waals surface area (Å²) in [5.74, 6) is 0.553. The Morgan fingerprint density at radius 3 is 2.67 bits per heavy atom. The molecule has 2 aliphatic rings. The molecule has 0 aromatic heterocycles. The van der Waals surface area contributed by atoms with Crippen molar-refractivity contribution in [3.8, 4) is 0 Å². The van der Waals surface area contributed by atoms with E-state index in [9.17, 15) is 8.42 Å². The lowest BCUT2D eigenvalue weighted by Gasteiger charge is -2.33. The number of hydrogen-bond acceptors (Lipinski definition) is 3. The van der Waals surface area contributed by atoms with E-state index in [4.69, 9.17) is 0 Å². The lowest BCUT2D eigenvalue weighted by molar-refractivity contribution is 0.259. The van der Waals surface area contributed by atoms with Crippen LogP contribution in [0.5, 0.6) is 0 Å². The first-order valence-corrected chi connectivity index (χ1v) is 8.76. The average molecular weight is 274 g/mol. The molecule has 1 saturated heterocycles. The van der Waals surface area contributed by atoms with Crippen molar-refractivity contribution in [2.24, 2.45) is 5.92 Å². The van der Waals surface area contributed by atoms with Gasteiger partial charge in [-0.25, -0.2) is 12.7 Å². The minimum Gasteiger partial charge on any atom is -0.313 e. The third-order valence-corrected chi connectivity index (χ3v) is 6.43. The van der Waals surface area contributed by atoms with Crippen LogP contribution in [0.3, 0.4) is 0 Å². The summed E-state index contributed by atoms with van der Waals surface area (Å²) in [7, 11) is -3.10. The molecule has 1 saturated carbocycles. The molecule has 0 aromatic carbocycles. The van der Waals surface area contributed by atoms with Crippen LogP contribution in [-0.2, 0) is 10.0 Å². The summed E-state index contributed by atoms with van der Waals surface area (Å²) in [4.78, 5) is 0. The number of nitrogens with one attached hydrogen (secondary N) is 1. The number of nitrogens with zero attached hydrogens (tertiary/aromatic N) is 1. The van der Waals surface area contributed by atoms with Gasteiger partial charge >= 0.3 is 0 Å². The molecule has 1 aliphatic carbocycles. The Bertz CT molecular complexity index is 365. The molecule has 0 amide bonds. The van der Waals surface area contributed by atoms with E-state index in [-0.39, 0.29) is 5.25 Å². The maximum absolute atomic E-state index is 12.5. The quantitative estimate of drug-likeness (QED) is 0.800. The minimum absolute atomic E-state index is 0.297. The van der Waals surface area contributed by atoms with Crippen LogP contribution in [0.4, 0.5) is 0 Å². The molecule has 2 fully saturated rings. The van der Waals surface area contributed by atoms with Crippen LogP contribution in [0, 0.1) is 5.92 Å². The molecule has 0 spiro atoms. The van der Waals surface area contributed by atoms with Gasteiger partial charge < -0.3 is 5.32 Å². The Hall–Kier alpha value is -0.130. The lowest BCUT2D eigenvalue weighted by atomic mass is 9.97. The van der Waals surface area contributed by atoms with E-state index in [0.29, 0.717) is 25.0 Å². The first-order chi connectivity index (χ1) is 8.54.